The Labute approximate surface area is 216 Å². The number of nitrogens with zero attached hydrogens (tertiary/aromatic N) is 1. The van der Waals surface area contributed by atoms with Crippen LogP contribution in [0.4, 0.5) is 0 Å². The highest BCUT2D eigenvalue weighted by atomic mass is 35.5. The third kappa shape index (κ3) is 6.02. The lowest BCUT2D eigenvalue weighted by Gasteiger charge is -2.38. The number of aliphatic hydroxyl groups is 2. The van der Waals surface area contributed by atoms with E-state index in [9.17, 15) is 15.0 Å². The number of halogens is 1. The first-order chi connectivity index (χ1) is 17.4. The van der Waals surface area contributed by atoms with Gasteiger partial charge in [-0.3, -0.25) is 4.79 Å². The summed E-state index contributed by atoms with van der Waals surface area (Å²) in [5.41, 5.74) is 4.21. The lowest BCUT2D eigenvalue weighted by molar-refractivity contribution is -0.202. The monoisotopic (exact) mass is 515 g/mol. The molecule has 2 heterocycles. The van der Waals surface area contributed by atoms with Crippen molar-refractivity contribution in [3.05, 3.63) is 64.3 Å². The smallest absolute Gasteiger partial charge is 0.219 e. The molecule has 3 atom stereocenters. The van der Waals surface area contributed by atoms with Crippen LogP contribution >= 0.6 is 11.6 Å². The Hall–Kier alpha value is -2.62. The number of benzene rings is 2. The average molecular weight is 516 g/mol. The number of amides is 1. The number of ether oxygens (including phenoxy) is 2. The molecule has 0 saturated heterocycles. The number of aromatic nitrogens is 1. The van der Waals surface area contributed by atoms with Crippen LogP contribution < -0.4 is 10.1 Å². The summed E-state index contributed by atoms with van der Waals surface area (Å²) in [7, 11) is 0. The van der Waals surface area contributed by atoms with Gasteiger partial charge in [-0.15, -0.1) is 0 Å². The molecule has 0 fully saturated rings. The number of nitrogens with one attached hydrogen (secondary N) is 2. The van der Waals surface area contributed by atoms with Crippen molar-refractivity contribution in [2.45, 2.75) is 51.7 Å². The molecular weight excluding hydrogens is 482 g/mol. The predicted octanol–water partition coefficient (Wildman–Crippen LogP) is 3.74. The second-order valence-corrected chi connectivity index (χ2v) is 9.33. The molecule has 1 aromatic heterocycles. The maximum atomic E-state index is 11.3. The minimum atomic E-state index is -1.03. The molecule has 3 aromatic rings. The van der Waals surface area contributed by atoms with Crippen LogP contribution in [0.15, 0.2) is 42.5 Å². The van der Waals surface area contributed by atoms with E-state index in [1.54, 1.807) is 6.92 Å². The molecule has 0 spiro atoms. The summed E-state index contributed by atoms with van der Waals surface area (Å²) in [6, 6.07) is 13.3. The normalized spacial score (nSPS) is 17.5. The van der Waals surface area contributed by atoms with Crippen molar-refractivity contribution in [2.75, 3.05) is 26.3 Å². The summed E-state index contributed by atoms with van der Waals surface area (Å²) >= 11 is 6.28. The standard InChI is InChI=1S/C27H34ClN3O5/c1-3-24(33)29-16-19(32)12-14-36-20-8-5-17(6-9-20)26-25-21(11-13-31(26)27(34)35-4-2)22-15-18(28)7-10-23(22)30-25/h5-10,15,19,26-27,30,32,34H,3-4,11-14,16H2,1-2H3,(H,29,33)/t19?,26-,27?/m0/s1. The van der Waals surface area contributed by atoms with Gasteiger partial charge in [0.2, 0.25) is 12.3 Å². The van der Waals surface area contributed by atoms with Gasteiger partial charge in [-0.2, -0.15) is 0 Å². The Kier molecular flexibility index (Phi) is 8.87. The molecule has 2 unspecified atom stereocenters. The molecule has 1 aliphatic heterocycles. The molecule has 4 N–H and O–H groups in total. The Morgan fingerprint density at radius 3 is 2.72 bits per heavy atom. The summed E-state index contributed by atoms with van der Waals surface area (Å²) in [6.07, 6.45) is -0.135. The van der Waals surface area contributed by atoms with E-state index in [0.29, 0.717) is 43.4 Å². The van der Waals surface area contributed by atoms with E-state index in [-0.39, 0.29) is 18.5 Å². The largest absolute Gasteiger partial charge is 0.493 e. The Morgan fingerprint density at radius 1 is 1.22 bits per heavy atom. The van der Waals surface area contributed by atoms with E-state index >= 15 is 0 Å². The molecule has 9 heteroatoms. The zero-order valence-corrected chi connectivity index (χ0v) is 21.4. The number of carbonyl (C=O) groups is 1. The van der Waals surface area contributed by atoms with Crippen LogP contribution in [0, 0.1) is 0 Å². The minimum absolute atomic E-state index is 0.0852. The Bertz CT molecular complexity index is 1170. The van der Waals surface area contributed by atoms with Crippen LogP contribution in [-0.2, 0) is 16.0 Å². The van der Waals surface area contributed by atoms with Crippen LogP contribution in [0.3, 0.4) is 0 Å². The van der Waals surface area contributed by atoms with Crippen LogP contribution in [0.2, 0.25) is 5.02 Å². The van der Waals surface area contributed by atoms with E-state index in [0.717, 1.165) is 28.6 Å². The van der Waals surface area contributed by atoms with Crippen molar-refractivity contribution in [1.82, 2.24) is 15.2 Å². The SMILES string of the molecule is CCOC(O)N1CCc2c([nH]c3ccc(Cl)cc23)[C@@H]1c1ccc(OCCC(O)CNC(=O)CC)cc1. The van der Waals surface area contributed by atoms with Crippen molar-refractivity contribution in [2.24, 2.45) is 0 Å². The topological polar surface area (TPSA) is 107 Å². The molecule has 194 valence electrons. The maximum absolute atomic E-state index is 11.3. The molecule has 36 heavy (non-hydrogen) atoms. The molecule has 8 nitrogen and oxygen atoms in total. The molecule has 0 radical (unpaired) electrons. The summed E-state index contributed by atoms with van der Waals surface area (Å²) in [6.45, 7) is 5.20. The van der Waals surface area contributed by atoms with E-state index in [1.807, 2.05) is 54.3 Å². The van der Waals surface area contributed by atoms with Gasteiger partial charge in [0.05, 0.1) is 18.8 Å². The zero-order valence-electron chi connectivity index (χ0n) is 20.7. The number of fused-ring (bicyclic) bond motifs is 3. The summed E-state index contributed by atoms with van der Waals surface area (Å²) in [5, 5.41) is 25.3. The highest BCUT2D eigenvalue weighted by Gasteiger charge is 2.35. The van der Waals surface area contributed by atoms with Crippen molar-refractivity contribution < 1.29 is 24.5 Å². The third-order valence-electron chi connectivity index (χ3n) is 6.50. The van der Waals surface area contributed by atoms with Crippen LogP contribution in [0.25, 0.3) is 10.9 Å². The number of hydrogen-bond donors (Lipinski definition) is 4. The number of aromatic amines is 1. The first-order valence-corrected chi connectivity index (χ1v) is 12.8. The first kappa shape index (κ1) is 26.4. The molecule has 1 amide bonds. The van der Waals surface area contributed by atoms with Gasteiger partial charge in [0.15, 0.2) is 0 Å². The quantitative estimate of drug-likeness (QED) is 0.290. The molecule has 4 rings (SSSR count). The van der Waals surface area contributed by atoms with E-state index in [2.05, 4.69) is 10.3 Å². The lowest BCUT2D eigenvalue weighted by Crippen LogP contribution is -2.44. The fraction of sp³-hybridized carbons (Fsp3) is 0.444. The van der Waals surface area contributed by atoms with Gasteiger partial charge < -0.3 is 30.0 Å². The first-order valence-electron chi connectivity index (χ1n) is 12.4. The van der Waals surface area contributed by atoms with Gasteiger partial charge in [-0.25, -0.2) is 4.90 Å². The molecular formula is C27H34ClN3O5. The van der Waals surface area contributed by atoms with Crippen molar-refractivity contribution in [3.63, 3.8) is 0 Å². The van der Waals surface area contributed by atoms with Crippen molar-refractivity contribution in [1.29, 1.82) is 0 Å². The van der Waals surface area contributed by atoms with E-state index in [1.165, 1.54) is 5.56 Å². The van der Waals surface area contributed by atoms with Crippen molar-refractivity contribution in [3.8, 4) is 5.75 Å². The van der Waals surface area contributed by atoms with Gasteiger partial charge in [0.1, 0.15) is 5.75 Å². The molecule has 0 saturated carbocycles. The number of H-pyrrole nitrogens is 1. The summed E-state index contributed by atoms with van der Waals surface area (Å²) in [4.78, 5) is 16.8. The number of hydrogen-bond acceptors (Lipinski definition) is 6. The minimum Gasteiger partial charge on any atom is -0.493 e. The average Bonchev–Trinajstić information content (AvgIpc) is 3.25. The molecule has 1 aliphatic rings. The number of aliphatic hydroxyl groups excluding tert-OH is 2. The molecule has 0 bridgehead atoms. The van der Waals surface area contributed by atoms with Gasteiger partial charge in [-0.1, -0.05) is 30.7 Å². The highest BCUT2D eigenvalue weighted by Crippen LogP contribution is 2.40. The van der Waals surface area contributed by atoms with Crippen LogP contribution in [0.1, 0.15) is 49.6 Å². The van der Waals surface area contributed by atoms with Gasteiger partial charge in [-0.05, 0) is 54.8 Å². The lowest BCUT2D eigenvalue weighted by atomic mass is 9.92. The Morgan fingerprint density at radius 2 is 2.00 bits per heavy atom. The summed E-state index contributed by atoms with van der Waals surface area (Å²) < 4.78 is 11.4. The fourth-order valence-corrected chi connectivity index (χ4v) is 4.81. The maximum Gasteiger partial charge on any atom is 0.219 e. The van der Waals surface area contributed by atoms with Gasteiger partial charge in [0.25, 0.3) is 0 Å². The van der Waals surface area contributed by atoms with Gasteiger partial charge in [0, 0.05) is 54.2 Å². The molecule has 0 aliphatic carbocycles. The predicted molar refractivity (Wildman–Crippen MR) is 139 cm³/mol. The highest BCUT2D eigenvalue weighted by molar-refractivity contribution is 6.31. The van der Waals surface area contributed by atoms with E-state index in [4.69, 9.17) is 21.1 Å². The van der Waals surface area contributed by atoms with Crippen LogP contribution in [0.5, 0.6) is 5.75 Å². The second kappa shape index (κ2) is 12.1. The summed E-state index contributed by atoms with van der Waals surface area (Å²) in [5.74, 6) is 0.595. The Balaban J connectivity index is 1.50. The van der Waals surface area contributed by atoms with E-state index < -0.39 is 12.5 Å². The number of carbonyl (C=O) groups excluding carboxylic acids is 1. The fourth-order valence-electron chi connectivity index (χ4n) is 4.64. The molecule has 2 aromatic carbocycles. The second-order valence-electron chi connectivity index (χ2n) is 8.90. The third-order valence-corrected chi connectivity index (χ3v) is 6.73. The van der Waals surface area contributed by atoms with Crippen LogP contribution in [-0.4, -0.2) is 64.8 Å². The van der Waals surface area contributed by atoms with Crippen molar-refractivity contribution >= 4 is 28.4 Å². The zero-order chi connectivity index (χ0) is 25.7. The van der Waals surface area contributed by atoms with Gasteiger partial charge >= 0.3 is 0 Å². The number of rotatable bonds is 11.